The molecule has 0 bridgehead atoms. The van der Waals surface area contributed by atoms with Crippen LogP contribution in [0, 0.1) is 5.92 Å². The lowest BCUT2D eigenvalue weighted by Crippen LogP contribution is -2.55. The van der Waals surface area contributed by atoms with Crippen molar-refractivity contribution >= 4 is 51.2 Å². The number of fused-ring (bicyclic) bond motifs is 1. The van der Waals surface area contributed by atoms with Gasteiger partial charge in [-0.3, -0.25) is 19.7 Å². The summed E-state index contributed by atoms with van der Waals surface area (Å²) in [6.07, 6.45) is 3.21. The molecule has 1 amide bonds. The molecule has 1 spiro atoms. The van der Waals surface area contributed by atoms with Gasteiger partial charge in [0.25, 0.3) is 5.91 Å². The van der Waals surface area contributed by atoms with Crippen molar-refractivity contribution in [3.8, 4) is 23.0 Å². The van der Waals surface area contributed by atoms with E-state index in [-0.39, 0.29) is 40.2 Å². The number of ether oxygens (including phenoxy) is 4. The fourth-order valence-corrected chi connectivity index (χ4v) is 5.58. The van der Waals surface area contributed by atoms with E-state index < -0.39 is 23.1 Å². The van der Waals surface area contributed by atoms with E-state index in [1.807, 2.05) is 0 Å². The molecule has 202 valence electrons. The second-order valence-corrected chi connectivity index (χ2v) is 10.2. The van der Waals surface area contributed by atoms with Crippen molar-refractivity contribution in [1.29, 1.82) is 0 Å². The second kappa shape index (κ2) is 10.2. The van der Waals surface area contributed by atoms with Gasteiger partial charge in [0.15, 0.2) is 10.9 Å². The predicted molar refractivity (Wildman–Crippen MR) is 146 cm³/mol. The van der Waals surface area contributed by atoms with Crippen LogP contribution in [0.4, 0.5) is 10.8 Å². The van der Waals surface area contributed by atoms with Crippen molar-refractivity contribution in [1.82, 2.24) is 4.98 Å². The van der Waals surface area contributed by atoms with E-state index in [2.05, 4.69) is 15.6 Å². The molecule has 5 rings (SSSR count). The summed E-state index contributed by atoms with van der Waals surface area (Å²) in [4.78, 5) is 44.1. The molecule has 0 radical (unpaired) electrons. The fourth-order valence-electron chi connectivity index (χ4n) is 4.79. The number of hydrogen-bond donors (Lipinski definition) is 2. The average molecular weight is 570 g/mol. The number of methoxy groups -OCH3 is 3. The van der Waals surface area contributed by atoms with Gasteiger partial charge in [-0.1, -0.05) is 18.5 Å². The van der Waals surface area contributed by atoms with Crippen LogP contribution < -0.4 is 29.6 Å². The van der Waals surface area contributed by atoms with Crippen LogP contribution in [-0.2, 0) is 4.79 Å². The molecule has 2 unspecified atom stereocenters. The number of nitrogens with zero attached hydrogens (tertiary/aromatic N) is 1. The number of aromatic nitrogens is 1. The summed E-state index contributed by atoms with van der Waals surface area (Å²) in [5.41, 5.74) is -0.328. The first-order chi connectivity index (χ1) is 18.7. The zero-order valence-corrected chi connectivity index (χ0v) is 23.0. The number of amides is 1. The van der Waals surface area contributed by atoms with Gasteiger partial charge in [-0.2, -0.15) is 0 Å². The normalized spacial score (nSPS) is 19.7. The molecule has 2 N–H and O–H groups in total. The Morgan fingerprint density at radius 1 is 1.13 bits per heavy atom. The van der Waals surface area contributed by atoms with Gasteiger partial charge in [-0.25, -0.2) is 4.98 Å². The first-order valence-corrected chi connectivity index (χ1v) is 13.1. The number of hydrogen-bond acceptors (Lipinski definition) is 10. The molecule has 2 heterocycles. The minimum atomic E-state index is -1.80. The van der Waals surface area contributed by atoms with Crippen LogP contribution in [0.15, 0.2) is 47.6 Å². The Hall–Kier alpha value is -4.09. The topological polar surface area (TPSA) is 125 Å². The minimum absolute atomic E-state index is 0.0588. The number of allylic oxidation sites excluding steroid dienone is 1. The van der Waals surface area contributed by atoms with Gasteiger partial charge in [0.05, 0.1) is 27.0 Å². The van der Waals surface area contributed by atoms with E-state index >= 15 is 0 Å². The fraction of sp³-hybridized carbons (Fsp3) is 0.259. The molecule has 2 aromatic carbocycles. The van der Waals surface area contributed by atoms with Crippen LogP contribution in [-0.4, -0.2) is 49.4 Å². The number of benzene rings is 2. The highest BCUT2D eigenvalue weighted by atomic mass is 35.5. The lowest BCUT2D eigenvalue weighted by atomic mass is 9.74. The standard InChI is InChI=1S/C27H24ClN3O7S/c1-13-9-15(30-16-10-14(5-6-17(16)35-2)25(34)31-26-29-7-8-39-26)11-20(32)27(13)24(33)21-18(36-3)12-19(37-4)22(28)23(21)38-27/h5-8,10-13,30H,9H2,1-4H3,(H,29,31,34). The number of Topliss-reactive ketones (excluding diaryl/α,β-unsaturated/α-hetero) is 1. The number of nitrogens with one attached hydrogen (secondary N) is 2. The van der Waals surface area contributed by atoms with E-state index in [9.17, 15) is 14.4 Å². The van der Waals surface area contributed by atoms with Crippen LogP contribution in [0.3, 0.4) is 0 Å². The molecule has 1 aliphatic heterocycles. The third-order valence-electron chi connectivity index (χ3n) is 6.72. The Bertz CT molecular complexity index is 1520. The summed E-state index contributed by atoms with van der Waals surface area (Å²) >= 11 is 7.76. The lowest BCUT2D eigenvalue weighted by molar-refractivity contribution is -0.129. The number of anilines is 2. The van der Waals surface area contributed by atoms with Crippen molar-refractivity contribution in [3.05, 3.63) is 63.8 Å². The maximum atomic E-state index is 13.7. The highest BCUT2D eigenvalue weighted by molar-refractivity contribution is 7.13. The van der Waals surface area contributed by atoms with Crippen molar-refractivity contribution in [2.45, 2.75) is 18.9 Å². The molecule has 0 saturated heterocycles. The Morgan fingerprint density at radius 2 is 1.87 bits per heavy atom. The lowest BCUT2D eigenvalue weighted by Gasteiger charge is -2.35. The first kappa shape index (κ1) is 26.5. The van der Waals surface area contributed by atoms with Crippen LogP contribution in [0.25, 0.3) is 0 Å². The summed E-state index contributed by atoms with van der Waals surface area (Å²) in [6.45, 7) is 1.75. The largest absolute Gasteiger partial charge is 0.496 e. The number of carbonyl (C=O) groups excluding carboxylic acids is 3. The third kappa shape index (κ3) is 4.37. The molecule has 0 saturated carbocycles. The molecule has 10 nitrogen and oxygen atoms in total. The summed E-state index contributed by atoms with van der Waals surface area (Å²) in [5.74, 6) is -0.999. The molecule has 0 fully saturated rings. The number of ketones is 2. The summed E-state index contributed by atoms with van der Waals surface area (Å²) < 4.78 is 22.2. The summed E-state index contributed by atoms with van der Waals surface area (Å²) in [7, 11) is 4.34. The van der Waals surface area contributed by atoms with E-state index in [1.165, 1.54) is 44.8 Å². The highest BCUT2D eigenvalue weighted by Crippen LogP contribution is 2.53. The van der Waals surface area contributed by atoms with Gasteiger partial charge in [0.2, 0.25) is 17.2 Å². The van der Waals surface area contributed by atoms with Crippen molar-refractivity contribution in [2.75, 3.05) is 32.0 Å². The summed E-state index contributed by atoms with van der Waals surface area (Å²) in [6, 6.07) is 6.38. The van der Waals surface area contributed by atoms with E-state index in [4.69, 9.17) is 30.5 Å². The van der Waals surface area contributed by atoms with Crippen LogP contribution in [0.2, 0.25) is 5.02 Å². The zero-order valence-electron chi connectivity index (χ0n) is 21.4. The quantitative estimate of drug-likeness (QED) is 0.378. The Morgan fingerprint density at radius 3 is 2.51 bits per heavy atom. The van der Waals surface area contributed by atoms with Crippen molar-refractivity contribution < 1.29 is 33.3 Å². The molecule has 3 aromatic rings. The molecule has 2 aliphatic rings. The first-order valence-electron chi connectivity index (χ1n) is 11.8. The van der Waals surface area contributed by atoms with Gasteiger partial charge in [0.1, 0.15) is 27.8 Å². The van der Waals surface area contributed by atoms with E-state index in [1.54, 1.807) is 36.7 Å². The molecule has 1 aliphatic carbocycles. The van der Waals surface area contributed by atoms with Crippen LogP contribution >= 0.6 is 22.9 Å². The van der Waals surface area contributed by atoms with Crippen molar-refractivity contribution in [3.63, 3.8) is 0 Å². The van der Waals surface area contributed by atoms with Crippen molar-refractivity contribution in [2.24, 2.45) is 5.92 Å². The second-order valence-electron chi connectivity index (χ2n) is 8.94. The number of halogens is 1. The maximum absolute atomic E-state index is 13.7. The van der Waals surface area contributed by atoms with Gasteiger partial charge in [-0.15, -0.1) is 11.3 Å². The smallest absolute Gasteiger partial charge is 0.257 e. The molecular weight excluding hydrogens is 546 g/mol. The molecule has 39 heavy (non-hydrogen) atoms. The van der Waals surface area contributed by atoms with Crippen LogP contribution in [0.1, 0.15) is 34.1 Å². The number of rotatable bonds is 7. The Labute approximate surface area is 232 Å². The number of thiazole rings is 1. The van der Waals surface area contributed by atoms with Gasteiger partial charge in [0, 0.05) is 40.9 Å². The Kier molecular flexibility index (Phi) is 6.96. The monoisotopic (exact) mass is 569 g/mol. The molecule has 12 heteroatoms. The SMILES string of the molecule is COc1ccc(C(=O)Nc2nccs2)cc1NC1=CC(=O)C2(Oc3c(Cl)c(OC)cc(OC)c3C2=O)C(C)C1. The average Bonchev–Trinajstić information content (AvgIpc) is 3.55. The maximum Gasteiger partial charge on any atom is 0.257 e. The highest BCUT2D eigenvalue weighted by Gasteiger charge is 2.60. The summed E-state index contributed by atoms with van der Waals surface area (Å²) in [5, 5.41) is 8.25. The van der Waals surface area contributed by atoms with Gasteiger partial charge in [-0.05, 0) is 24.6 Å². The van der Waals surface area contributed by atoms with Gasteiger partial charge >= 0.3 is 0 Å². The molecule has 2 atom stereocenters. The van der Waals surface area contributed by atoms with Crippen LogP contribution in [0.5, 0.6) is 23.0 Å². The zero-order chi connectivity index (χ0) is 27.9. The van der Waals surface area contributed by atoms with E-state index in [0.29, 0.717) is 27.8 Å². The minimum Gasteiger partial charge on any atom is -0.496 e. The van der Waals surface area contributed by atoms with E-state index in [0.717, 1.165) is 0 Å². The molecular formula is C27H24ClN3O7S. The van der Waals surface area contributed by atoms with Gasteiger partial charge < -0.3 is 24.3 Å². The number of carbonyl (C=O) groups is 3. The molecule has 1 aromatic heterocycles. The third-order valence-corrected chi connectivity index (χ3v) is 7.77. The predicted octanol–water partition coefficient (Wildman–Crippen LogP) is 4.99. The Balaban J connectivity index is 1.45.